The van der Waals surface area contributed by atoms with Crippen LogP contribution in [-0.2, 0) is 0 Å². The molecule has 1 aliphatic heterocycles. The van der Waals surface area contributed by atoms with Crippen LogP contribution in [0.3, 0.4) is 0 Å². The van der Waals surface area contributed by atoms with Gasteiger partial charge in [0.05, 0.1) is 10.5 Å². The lowest BCUT2D eigenvalue weighted by Crippen LogP contribution is -2.28. The summed E-state index contributed by atoms with van der Waals surface area (Å²) in [6.07, 6.45) is 3.08. The predicted octanol–water partition coefficient (Wildman–Crippen LogP) is 2.95. The van der Waals surface area contributed by atoms with Crippen molar-refractivity contribution in [2.24, 2.45) is 0 Å². The Morgan fingerprint density at radius 1 is 1.42 bits per heavy atom. The van der Waals surface area contributed by atoms with Gasteiger partial charge in [-0.25, -0.2) is 0 Å². The summed E-state index contributed by atoms with van der Waals surface area (Å²) in [5.74, 6) is -0.285. The number of carbonyl (C=O) groups excluding carboxylic acids is 1. The molecule has 0 atom stereocenters. The van der Waals surface area contributed by atoms with E-state index >= 15 is 0 Å². The van der Waals surface area contributed by atoms with Crippen molar-refractivity contribution >= 4 is 17.2 Å². The Balaban J connectivity index is 2.36. The van der Waals surface area contributed by atoms with E-state index in [2.05, 4.69) is 17.9 Å². The summed E-state index contributed by atoms with van der Waals surface area (Å²) in [7, 11) is 0. The summed E-state index contributed by atoms with van der Waals surface area (Å²) in [5, 5.41) is 11.0. The lowest BCUT2D eigenvalue weighted by atomic mass is 10.1. The highest BCUT2D eigenvalue weighted by molar-refractivity contribution is 5.98. The van der Waals surface area contributed by atoms with Crippen molar-refractivity contribution in [3.05, 3.63) is 45.5 Å². The van der Waals surface area contributed by atoms with Crippen molar-refractivity contribution < 1.29 is 9.72 Å². The van der Waals surface area contributed by atoms with Crippen LogP contribution in [0.2, 0.25) is 0 Å². The number of Topliss-reactive ketones (excluding diaryl/α,β-unsaturated/α-hetero) is 1. The number of rotatable bonds is 3. The van der Waals surface area contributed by atoms with Gasteiger partial charge in [-0.15, -0.1) is 0 Å². The quantitative estimate of drug-likeness (QED) is 0.363. The van der Waals surface area contributed by atoms with Gasteiger partial charge >= 0.3 is 0 Å². The zero-order valence-corrected chi connectivity index (χ0v) is 11.0. The molecule has 0 aromatic heterocycles. The molecule has 0 N–H and O–H groups in total. The summed E-state index contributed by atoms with van der Waals surface area (Å²) in [6, 6.07) is 4.81. The molecule has 0 saturated heterocycles. The maximum absolute atomic E-state index is 11.4. The lowest BCUT2D eigenvalue weighted by molar-refractivity contribution is -0.385. The van der Waals surface area contributed by atoms with Crippen molar-refractivity contribution in [1.29, 1.82) is 0 Å². The Morgan fingerprint density at radius 2 is 2.16 bits per heavy atom. The largest absolute Gasteiger partial charge is 0.367 e. The third-order valence-electron chi connectivity index (χ3n) is 3.36. The fraction of sp³-hybridized carbons (Fsp3) is 0.357. The van der Waals surface area contributed by atoms with Gasteiger partial charge in [-0.05, 0) is 32.4 Å². The first-order valence-electron chi connectivity index (χ1n) is 6.19. The van der Waals surface area contributed by atoms with Crippen LogP contribution in [0.4, 0.5) is 11.4 Å². The van der Waals surface area contributed by atoms with E-state index in [4.69, 9.17) is 0 Å². The Morgan fingerprint density at radius 3 is 2.68 bits per heavy atom. The highest BCUT2D eigenvalue weighted by Gasteiger charge is 2.20. The molecule has 2 rings (SSSR count). The topological polar surface area (TPSA) is 63.5 Å². The lowest BCUT2D eigenvalue weighted by Gasteiger charge is -2.27. The maximum Gasteiger partial charge on any atom is 0.282 e. The number of nitro benzene ring substituents is 1. The van der Waals surface area contributed by atoms with E-state index < -0.39 is 4.92 Å². The molecule has 5 heteroatoms. The minimum Gasteiger partial charge on any atom is -0.367 e. The van der Waals surface area contributed by atoms with E-state index in [1.165, 1.54) is 18.6 Å². The van der Waals surface area contributed by atoms with E-state index in [1.54, 1.807) is 12.1 Å². The fourth-order valence-corrected chi connectivity index (χ4v) is 2.17. The average Bonchev–Trinajstić information content (AvgIpc) is 2.38. The maximum atomic E-state index is 11.4. The summed E-state index contributed by atoms with van der Waals surface area (Å²) in [5.41, 5.74) is 2.18. The van der Waals surface area contributed by atoms with Gasteiger partial charge < -0.3 is 4.90 Å². The van der Waals surface area contributed by atoms with Gasteiger partial charge in [0.2, 0.25) is 0 Å². The summed E-state index contributed by atoms with van der Waals surface area (Å²) < 4.78 is 0. The van der Waals surface area contributed by atoms with Crippen molar-refractivity contribution in [3.8, 4) is 0 Å². The second kappa shape index (κ2) is 5.22. The van der Waals surface area contributed by atoms with Crippen molar-refractivity contribution in [2.45, 2.75) is 20.3 Å². The molecule has 0 fully saturated rings. The Labute approximate surface area is 111 Å². The van der Waals surface area contributed by atoms with E-state index in [9.17, 15) is 14.9 Å². The van der Waals surface area contributed by atoms with Gasteiger partial charge in [-0.1, -0.05) is 11.6 Å². The molecule has 5 nitrogen and oxygen atoms in total. The Hall–Kier alpha value is -2.17. The number of nitro groups is 1. The van der Waals surface area contributed by atoms with Gasteiger partial charge in [0.15, 0.2) is 5.78 Å². The molecule has 0 aliphatic carbocycles. The Bertz CT molecular complexity index is 564. The van der Waals surface area contributed by atoms with E-state index in [1.807, 2.05) is 0 Å². The second-order valence-corrected chi connectivity index (χ2v) is 4.76. The molecule has 0 unspecified atom stereocenters. The number of hydrogen-bond acceptors (Lipinski definition) is 4. The molecule has 0 amide bonds. The normalized spacial score (nSPS) is 15.1. The zero-order chi connectivity index (χ0) is 14.0. The summed E-state index contributed by atoms with van der Waals surface area (Å²) in [6.45, 7) is 5.02. The third kappa shape index (κ3) is 2.81. The number of nitrogens with zero attached hydrogens (tertiary/aromatic N) is 2. The third-order valence-corrected chi connectivity index (χ3v) is 3.36. The fourth-order valence-electron chi connectivity index (χ4n) is 2.17. The smallest absolute Gasteiger partial charge is 0.282 e. The number of hydrogen-bond donors (Lipinski definition) is 0. The first kappa shape index (κ1) is 13.3. The highest BCUT2D eigenvalue weighted by atomic mass is 16.6. The standard InChI is InChI=1S/C14H16N2O3/c1-10-5-7-15(8-6-10)12-3-4-13(11(2)17)14(9-12)16(18)19/h3-5,9H,6-8H2,1-2H3. The molecule has 0 spiro atoms. The molecule has 0 saturated carbocycles. The number of ketones is 1. The van der Waals surface area contributed by atoms with Crippen molar-refractivity contribution in [2.75, 3.05) is 18.0 Å². The Kier molecular flexibility index (Phi) is 3.64. The first-order valence-corrected chi connectivity index (χ1v) is 6.19. The zero-order valence-electron chi connectivity index (χ0n) is 11.0. The molecule has 0 radical (unpaired) electrons. The minimum atomic E-state index is -0.495. The SMILES string of the molecule is CC(=O)c1ccc(N2CC=C(C)CC2)cc1[N+](=O)[O-]. The molecule has 19 heavy (non-hydrogen) atoms. The van der Waals surface area contributed by atoms with Crippen LogP contribution >= 0.6 is 0 Å². The molecule has 1 aliphatic rings. The molecular formula is C14H16N2O3. The second-order valence-electron chi connectivity index (χ2n) is 4.76. The molecule has 1 aromatic carbocycles. The van der Waals surface area contributed by atoms with Crippen LogP contribution in [-0.4, -0.2) is 23.8 Å². The van der Waals surface area contributed by atoms with Gasteiger partial charge in [0.1, 0.15) is 0 Å². The average molecular weight is 260 g/mol. The van der Waals surface area contributed by atoms with Crippen LogP contribution in [0, 0.1) is 10.1 Å². The van der Waals surface area contributed by atoms with E-state index in [0.29, 0.717) is 0 Å². The summed E-state index contributed by atoms with van der Waals surface area (Å²) in [4.78, 5) is 24.0. The molecule has 100 valence electrons. The van der Waals surface area contributed by atoms with E-state index in [-0.39, 0.29) is 17.0 Å². The summed E-state index contributed by atoms with van der Waals surface area (Å²) >= 11 is 0. The van der Waals surface area contributed by atoms with Gasteiger partial charge in [0.25, 0.3) is 5.69 Å². The molecule has 0 bridgehead atoms. The van der Waals surface area contributed by atoms with Gasteiger partial charge in [-0.3, -0.25) is 14.9 Å². The van der Waals surface area contributed by atoms with Crippen LogP contribution in [0.15, 0.2) is 29.8 Å². The van der Waals surface area contributed by atoms with Gasteiger partial charge in [0, 0.05) is 24.8 Å². The molecular weight excluding hydrogens is 244 g/mol. The molecule has 1 aromatic rings. The van der Waals surface area contributed by atoms with Crippen LogP contribution < -0.4 is 4.90 Å². The number of anilines is 1. The number of benzene rings is 1. The highest BCUT2D eigenvalue weighted by Crippen LogP contribution is 2.27. The van der Waals surface area contributed by atoms with E-state index in [0.717, 1.165) is 25.2 Å². The molecule has 1 heterocycles. The monoisotopic (exact) mass is 260 g/mol. The van der Waals surface area contributed by atoms with Crippen LogP contribution in [0.5, 0.6) is 0 Å². The first-order chi connectivity index (χ1) is 8.99. The predicted molar refractivity (Wildman–Crippen MR) is 73.7 cm³/mol. The van der Waals surface area contributed by atoms with Crippen molar-refractivity contribution in [3.63, 3.8) is 0 Å². The van der Waals surface area contributed by atoms with Crippen molar-refractivity contribution in [1.82, 2.24) is 0 Å². The van der Waals surface area contributed by atoms with Crippen LogP contribution in [0.1, 0.15) is 30.6 Å². The van der Waals surface area contributed by atoms with Gasteiger partial charge in [-0.2, -0.15) is 0 Å². The number of carbonyl (C=O) groups is 1. The van der Waals surface area contributed by atoms with Crippen LogP contribution in [0.25, 0.3) is 0 Å². The minimum absolute atomic E-state index is 0.115.